The topological polar surface area (TPSA) is 104 Å². The summed E-state index contributed by atoms with van der Waals surface area (Å²) in [6.45, 7) is -3.81. The number of rotatable bonds is 3. The molecule has 0 aliphatic heterocycles. The van der Waals surface area contributed by atoms with Crippen LogP contribution in [-0.2, 0) is 15.8 Å². The lowest BCUT2D eigenvalue weighted by molar-refractivity contribution is -0.384. The molecule has 0 aromatic heterocycles. The highest BCUT2D eigenvalue weighted by Gasteiger charge is 2.10. The van der Waals surface area contributed by atoms with E-state index in [1.54, 1.807) is 0 Å². The van der Waals surface area contributed by atoms with Crippen molar-refractivity contribution in [3.63, 3.8) is 0 Å². The lowest BCUT2D eigenvalue weighted by Crippen LogP contribution is -1.96. The molecule has 16 heavy (non-hydrogen) atoms. The molecule has 90 valence electrons. The molecule has 1 unspecified atom stereocenters. The number of nitro groups is 1. The fraction of sp³-hybridized carbons (Fsp3) is 0.250. The molecule has 1 aromatic carbocycles. The van der Waals surface area contributed by atoms with Gasteiger partial charge in [0.25, 0.3) is 12.4 Å². The van der Waals surface area contributed by atoms with Crippen LogP contribution in [-0.4, -0.2) is 25.9 Å². The molecule has 1 aromatic rings. The normalized spacial score (nSPS) is 13.5. The predicted octanol–water partition coefficient (Wildman–Crippen LogP) is 0.997. The molecule has 0 radical (unpaired) electrons. The van der Waals surface area contributed by atoms with E-state index in [2.05, 4.69) is 0 Å². The van der Waals surface area contributed by atoms with E-state index < -0.39 is 21.7 Å². The fourth-order valence-electron chi connectivity index (χ4n) is 1.04. The molecule has 1 rings (SSSR count). The maximum absolute atomic E-state index is 10.4. The van der Waals surface area contributed by atoms with E-state index in [0.29, 0.717) is 0 Å². The summed E-state index contributed by atoms with van der Waals surface area (Å²) in [7, 11) is -0.948. The third kappa shape index (κ3) is 3.70. The number of nitro benzene ring substituents is 1. The summed E-state index contributed by atoms with van der Waals surface area (Å²) in [5, 5.41) is 10.4. The third-order valence-corrected chi connectivity index (χ3v) is 6.42. The van der Waals surface area contributed by atoms with Crippen molar-refractivity contribution in [3.05, 3.63) is 39.9 Å². The van der Waals surface area contributed by atoms with E-state index in [-0.39, 0.29) is 11.4 Å². The summed E-state index contributed by atoms with van der Waals surface area (Å²) < 4.78 is 0. The van der Waals surface area contributed by atoms with Crippen molar-refractivity contribution in [1.82, 2.24) is 0 Å². The zero-order valence-corrected chi connectivity index (χ0v) is 10.2. The molecule has 0 bridgehead atoms. The first-order valence-corrected chi connectivity index (χ1v) is 8.30. The number of hydrogen-bond donors (Lipinski definition) is 3. The molecule has 3 N–H and O–H groups in total. The Morgan fingerprint density at radius 1 is 1.31 bits per heavy atom. The van der Waals surface area contributed by atoms with Crippen LogP contribution in [0.15, 0.2) is 24.3 Å². The molecule has 0 amide bonds. The summed E-state index contributed by atoms with van der Waals surface area (Å²) in [5.74, 6) is 0.287. The zero-order chi connectivity index (χ0) is 12.3. The van der Waals surface area contributed by atoms with Gasteiger partial charge in [-0.2, -0.15) is 0 Å². The van der Waals surface area contributed by atoms with Crippen molar-refractivity contribution in [2.24, 2.45) is 0 Å². The van der Waals surface area contributed by atoms with Gasteiger partial charge in [-0.1, -0.05) is 12.1 Å². The van der Waals surface area contributed by atoms with Gasteiger partial charge in [-0.15, -0.1) is 10.1 Å². The van der Waals surface area contributed by atoms with E-state index in [9.17, 15) is 10.1 Å². The van der Waals surface area contributed by atoms with Crippen molar-refractivity contribution in [3.8, 4) is 0 Å². The number of nitrogens with zero attached hydrogens (tertiary/aromatic N) is 1. The van der Waals surface area contributed by atoms with Gasteiger partial charge in [-0.05, 0) is 11.8 Å². The second-order valence-corrected chi connectivity index (χ2v) is 9.04. The molecule has 0 heterocycles. The van der Waals surface area contributed by atoms with Crippen LogP contribution in [0.25, 0.3) is 0 Å². The summed E-state index contributed by atoms with van der Waals surface area (Å²) in [6, 6.07) is 5.77. The van der Waals surface area contributed by atoms with Gasteiger partial charge in [0, 0.05) is 17.9 Å². The first kappa shape index (κ1) is 13.3. The minimum Gasteiger partial charge on any atom is -0.329 e. The van der Waals surface area contributed by atoms with Gasteiger partial charge in [0.2, 0.25) is 0 Å². The van der Waals surface area contributed by atoms with E-state index in [1.165, 1.54) is 30.5 Å². The van der Waals surface area contributed by atoms with E-state index in [1.807, 2.05) is 0 Å². The third-order valence-electron chi connectivity index (χ3n) is 1.94. The van der Waals surface area contributed by atoms with E-state index in [0.717, 1.165) is 5.56 Å². The standard InChI is InChI=1S/C8H12NO5PS/c1-16(15(12,13)14)6-7-2-4-8(5-3-7)9(10)11/h2-5,12-14H,6H2,1H3. The Balaban J connectivity index is 2.89. The maximum atomic E-state index is 10.4. The molecular weight excluding hydrogens is 253 g/mol. The minimum absolute atomic E-state index is 0.0159. The van der Waals surface area contributed by atoms with Gasteiger partial charge in [0.05, 0.1) is 4.92 Å². The Morgan fingerprint density at radius 2 is 1.81 bits per heavy atom. The molecule has 1 atom stereocenters. The van der Waals surface area contributed by atoms with Crippen molar-refractivity contribution in [2.45, 2.75) is 5.75 Å². The first-order chi connectivity index (χ1) is 7.30. The van der Waals surface area contributed by atoms with Gasteiger partial charge < -0.3 is 14.7 Å². The average molecular weight is 265 g/mol. The molecule has 0 fully saturated rings. The van der Waals surface area contributed by atoms with E-state index >= 15 is 0 Å². The Bertz CT molecular complexity index is 444. The van der Waals surface area contributed by atoms with Crippen LogP contribution in [0.4, 0.5) is 5.69 Å². The van der Waals surface area contributed by atoms with Gasteiger partial charge in [0.1, 0.15) is 0 Å². The van der Waals surface area contributed by atoms with Crippen LogP contribution in [0, 0.1) is 10.1 Å². The molecule has 8 heteroatoms. The molecule has 6 nitrogen and oxygen atoms in total. The second-order valence-electron chi connectivity index (χ2n) is 3.18. The van der Waals surface area contributed by atoms with Crippen LogP contribution in [0.1, 0.15) is 5.56 Å². The summed E-state index contributed by atoms with van der Waals surface area (Å²) in [5.41, 5.74) is 0.704. The highest BCUT2D eigenvalue weighted by molar-refractivity contribution is 8.26. The van der Waals surface area contributed by atoms with Gasteiger partial charge in [0.15, 0.2) is 0 Å². The Morgan fingerprint density at radius 3 is 2.19 bits per heavy atom. The maximum Gasteiger partial charge on any atom is 0.277 e. The van der Waals surface area contributed by atoms with Crippen molar-refractivity contribution < 1.29 is 19.6 Å². The SMILES string of the molecule is CS(Cc1ccc([N+](=O)[O-])cc1)=P(O)(O)O. The van der Waals surface area contributed by atoms with Gasteiger partial charge >= 0.3 is 0 Å². The smallest absolute Gasteiger partial charge is 0.277 e. The van der Waals surface area contributed by atoms with Crippen LogP contribution < -0.4 is 0 Å². The summed E-state index contributed by atoms with van der Waals surface area (Å²) in [4.78, 5) is 36.9. The fourth-order valence-corrected chi connectivity index (χ4v) is 2.86. The highest BCUT2D eigenvalue weighted by Crippen LogP contribution is 2.36. The van der Waals surface area contributed by atoms with Crippen LogP contribution in [0.2, 0.25) is 0 Å². The number of benzene rings is 1. The lowest BCUT2D eigenvalue weighted by Gasteiger charge is -2.10. The molecule has 0 spiro atoms. The lowest BCUT2D eigenvalue weighted by atomic mass is 10.2. The first-order valence-electron chi connectivity index (χ1n) is 4.24. The van der Waals surface area contributed by atoms with Crippen molar-refractivity contribution >= 4 is 22.5 Å². The molecule has 0 aliphatic carbocycles. The largest absolute Gasteiger partial charge is 0.329 e. The van der Waals surface area contributed by atoms with Crippen LogP contribution in [0.3, 0.4) is 0 Å². The summed E-state index contributed by atoms with van der Waals surface area (Å²) >= 11 is 0. The number of non-ortho nitro benzene ring substituents is 1. The molecule has 0 aliphatic rings. The molecule has 0 saturated heterocycles. The van der Waals surface area contributed by atoms with Gasteiger partial charge in [-0.25, -0.2) is 0 Å². The van der Waals surface area contributed by atoms with Crippen LogP contribution >= 0.6 is 6.72 Å². The predicted molar refractivity (Wildman–Crippen MR) is 63.7 cm³/mol. The quantitative estimate of drug-likeness (QED) is 0.429. The highest BCUT2D eigenvalue weighted by atomic mass is 32.5. The summed E-state index contributed by atoms with van der Waals surface area (Å²) in [6.07, 6.45) is 1.54. The second kappa shape index (κ2) is 5.07. The van der Waals surface area contributed by atoms with Crippen molar-refractivity contribution in [2.75, 3.05) is 6.26 Å². The Kier molecular flexibility index (Phi) is 4.23. The molecule has 0 saturated carbocycles. The number of hydrogen-bond acceptors (Lipinski definition) is 2. The minimum atomic E-state index is -3.81. The monoisotopic (exact) mass is 265 g/mol. The Hall–Kier alpha value is -0.720. The van der Waals surface area contributed by atoms with Crippen molar-refractivity contribution in [1.29, 1.82) is 0 Å². The Labute approximate surface area is 94.5 Å². The molecular formula is C8H12NO5PS. The van der Waals surface area contributed by atoms with Crippen LogP contribution in [0.5, 0.6) is 0 Å². The van der Waals surface area contributed by atoms with E-state index in [4.69, 9.17) is 14.7 Å². The average Bonchev–Trinajstić information content (AvgIpc) is 2.17. The van der Waals surface area contributed by atoms with Gasteiger partial charge in [-0.3, -0.25) is 10.1 Å². The zero-order valence-electron chi connectivity index (χ0n) is 8.48.